The van der Waals surface area contributed by atoms with Gasteiger partial charge in [0.05, 0.1) is 12.2 Å². The third kappa shape index (κ3) is 8.58. The second-order valence-corrected chi connectivity index (χ2v) is 8.19. The molecule has 7 nitrogen and oxygen atoms in total. The number of benzene rings is 1. The summed E-state index contributed by atoms with van der Waals surface area (Å²) in [6.45, 7) is 11.7. The number of aromatic nitrogens is 1. The van der Waals surface area contributed by atoms with E-state index >= 15 is 0 Å². The van der Waals surface area contributed by atoms with Crippen LogP contribution in [0.3, 0.4) is 0 Å². The maximum Gasteiger partial charge on any atom is 0.254 e. The number of nitrogens with zero attached hydrogens (tertiary/aromatic N) is 2. The topological polar surface area (TPSA) is 91.4 Å². The Morgan fingerprint density at radius 1 is 1.08 bits per heavy atom. The van der Waals surface area contributed by atoms with E-state index in [1.165, 1.54) is 29.7 Å². The standard InChI is InChI=1S/C30H34N4O3/c1-6-11-22(12-7-2)17-32-27-16-25(18-31-19-27)24-13-10-14-26(15-24)33-29(36)20-34(5)30(37)28(9-4)23(8-3)21-35/h6,8-16,18-19,21,32H,3-4,7,17,20H2,1-2,5H3,(H,33,36)/b11-6-,22-12+,28-23-. The summed E-state index contributed by atoms with van der Waals surface area (Å²) in [6.07, 6.45) is 13.9. The Labute approximate surface area is 219 Å². The van der Waals surface area contributed by atoms with Gasteiger partial charge in [0.1, 0.15) is 0 Å². The molecule has 2 aromatic rings. The van der Waals surface area contributed by atoms with Crippen molar-refractivity contribution >= 4 is 29.5 Å². The van der Waals surface area contributed by atoms with Gasteiger partial charge >= 0.3 is 0 Å². The summed E-state index contributed by atoms with van der Waals surface area (Å²) in [5.74, 6) is -0.877. The summed E-state index contributed by atoms with van der Waals surface area (Å²) in [5, 5.41) is 6.23. The lowest BCUT2D eigenvalue weighted by Crippen LogP contribution is -2.35. The second-order valence-electron chi connectivity index (χ2n) is 8.19. The van der Waals surface area contributed by atoms with Crippen molar-refractivity contribution in [1.82, 2.24) is 9.88 Å². The lowest BCUT2D eigenvalue weighted by atomic mass is 10.1. The predicted octanol–water partition coefficient (Wildman–Crippen LogP) is 5.34. The van der Waals surface area contributed by atoms with Crippen molar-refractivity contribution in [3.63, 3.8) is 0 Å². The Balaban J connectivity index is 2.11. The molecule has 0 bridgehead atoms. The first-order valence-electron chi connectivity index (χ1n) is 12.0. The molecule has 1 aromatic heterocycles. The van der Waals surface area contributed by atoms with Gasteiger partial charge in [-0.15, -0.1) is 0 Å². The van der Waals surface area contributed by atoms with E-state index < -0.39 is 5.91 Å². The molecule has 7 heteroatoms. The van der Waals surface area contributed by atoms with Crippen LogP contribution in [0.4, 0.5) is 11.4 Å². The molecule has 0 aliphatic rings. The maximum atomic E-state index is 12.7. The normalized spacial score (nSPS) is 11.9. The Morgan fingerprint density at radius 3 is 2.49 bits per heavy atom. The molecule has 0 aliphatic carbocycles. The molecule has 0 atom stereocenters. The van der Waals surface area contributed by atoms with Crippen molar-refractivity contribution < 1.29 is 14.4 Å². The molecule has 0 saturated heterocycles. The molecule has 0 spiro atoms. The second kappa shape index (κ2) is 14.8. The molecule has 0 aliphatic heterocycles. The summed E-state index contributed by atoms with van der Waals surface area (Å²) in [5.41, 5.74) is 4.66. The van der Waals surface area contributed by atoms with Gasteiger partial charge in [-0.05, 0) is 42.7 Å². The molecule has 0 saturated carbocycles. The molecule has 37 heavy (non-hydrogen) atoms. The minimum Gasteiger partial charge on any atom is -0.380 e. The van der Waals surface area contributed by atoms with Crippen LogP contribution >= 0.6 is 0 Å². The van der Waals surface area contributed by atoms with Gasteiger partial charge in [0.2, 0.25) is 5.91 Å². The molecule has 2 amide bonds. The number of pyridine rings is 1. The fourth-order valence-electron chi connectivity index (χ4n) is 3.59. The quantitative estimate of drug-likeness (QED) is 0.221. The van der Waals surface area contributed by atoms with E-state index in [-0.39, 0.29) is 23.6 Å². The van der Waals surface area contributed by atoms with Crippen LogP contribution in [0.5, 0.6) is 0 Å². The number of anilines is 2. The summed E-state index contributed by atoms with van der Waals surface area (Å²) in [4.78, 5) is 42.0. The van der Waals surface area contributed by atoms with Crippen molar-refractivity contribution in [1.29, 1.82) is 0 Å². The smallest absolute Gasteiger partial charge is 0.254 e. The summed E-state index contributed by atoms with van der Waals surface area (Å²) in [6, 6.07) is 9.40. The summed E-state index contributed by atoms with van der Waals surface area (Å²) < 4.78 is 0. The number of carbonyl (C=O) groups is 3. The molecule has 2 N–H and O–H groups in total. The summed E-state index contributed by atoms with van der Waals surface area (Å²) >= 11 is 0. The number of aldehydes is 1. The molecule has 2 rings (SSSR count). The van der Waals surface area contributed by atoms with Gasteiger partial charge in [-0.1, -0.05) is 62.6 Å². The fraction of sp³-hybridized carbons (Fsp3) is 0.200. The zero-order valence-corrected chi connectivity index (χ0v) is 21.7. The molecule has 192 valence electrons. The molecule has 0 fully saturated rings. The van der Waals surface area contributed by atoms with Crippen LogP contribution in [0.1, 0.15) is 20.3 Å². The van der Waals surface area contributed by atoms with Gasteiger partial charge in [0.15, 0.2) is 6.29 Å². The highest BCUT2D eigenvalue weighted by Crippen LogP contribution is 2.24. The van der Waals surface area contributed by atoms with Crippen LogP contribution in [-0.2, 0) is 14.4 Å². The first-order chi connectivity index (χ1) is 17.9. The van der Waals surface area contributed by atoms with Gasteiger partial charge in [-0.2, -0.15) is 0 Å². The number of likely N-dealkylation sites (N-methyl/N-ethyl adjacent to an activating group) is 1. The Morgan fingerprint density at radius 2 is 1.84 bits per heavy atom. The highest BCUT2D eigenvalue weighted by Gasteiger charge is 2.18. The predicted molar refractivity (Wildman–Crippen MR) is 151 cm³/mol. The lowest BCUT2D eigenvalue weighted by molar-refractivity contribution is -0.129. The molecule has 0 radical (unpaired) electrons. The summed E-state index contributed by atoms with van der Waals surface area (Å²) in [7, 11) is 1.48. The van der Waals surface area contributed by atoms with E-state index in [1.807, 2.05) is 37.3 Å². The zero-order chi connectivity index (χ0) is 27.2. The van der Waals surface area contributed by atoms with Crippen molar-refractivity contribution in [2.75, 3.05) is 30.8 Å². The van der Waals surface area contributed by atoms with Crippen molar-refractivity contribution in [3.05, 3.63) is 103 Å². The average Bonchev–Trinajstić information content (AvgIpc) is 2.90. The van der Waals surface area contributed by atoms with E-state index in [0.29, 0.717) is 18.5 Å². The van der Waals surface area contributed by atoms with Gasteiger partial charge in [0.25, 0.3) is 5.91 Å². The monoisotopic (exact) mass is 498 g/mol. The fourth-order valence-corrected chi connectivity index (χ4v) is 3.59. The third-order valence-electron chi connectivity index (χ3n) is 5.38. The van der Waals surface area contributed by atoms with Crippen molar-refractivity contribution in [2.45, 2.75) is 20.3 Å². The van der Waals surface area contributed by atoms with Crippen LogP contribution < -0.4 is 10.6 Å². The van der Waals surface area contributed by atoms with Crippen molar-refractivity contribution in [2.24, 2.45) is 0 Å². The maximum absolute atomic E-state index is 12.7. The number of hydrogen-bond acceptors (Lipinski definition) is 5. The molecule has 1 heterocycles. The number of amides is 2. The van der Waals surface area contributed by atoms with E-state index in [4.69, 9.17) is 0 Å². The number of allylic oxidation sites excluding steroid dienone is 4. The first kappa shape index (κ1) is 28.7. The van der Waals surface area contributed by atoms with Crippen molar-refractivity contribution in [3.8, 4) is 11.1 Å². The van der Waals surface area contributed by atoms with Crippen LogP contribution in [0.2, 0.25) is 0 Å². The van der Waals surface area contributed by atoms with Gasteiger partial charge in [-0.3, -0.25) is 19.4 Å². The highest BCUT2D eigenvalue weighted by atomic mass is 16.2. The van der Waals surface area contributed by atoms with E-state index in [9.17, 15) is 14.4 Å². The lowest BCUT2D eigenvalue weighted by Gasteiger charge is -2.18. The average molecular weight is 499 g/mol. The minimum absolute atomic E-state index is 0.0892. The molecular formula is C30H34N4O3. The number of rotatable bonds is 13. The van der Waals surface area contributed by atoms with Crippen LogP contribution in [-0.4, -0.2) is 48.1 Å². The van der Waals surface area contributed by atoms with E-state index in [1.54, 1.807) is 18.5 Å². The van der Waals surface area contributed by atoms with Crippen LogP contribution in [0.15, 0.2) is 103 Å². The van der Waals surface area contributed by atoms with Gasteiger partial charge < -0.3 is 15.5 Å². The minimum atomic E-state index is -0.498. The number of carbonyl (C=O) groups excluding carboxylic acids is 3. The molecular weight excluding hydrogens is 464 g/mol. The highest BCUT2D eigenvalue weighted by molar-refractivity contribution is 6.04. The van der Waals surface area contributed by atoms with E-state index in [2.05, 4.69) is 47.9 Å². The van der Waals surface area contributed by atoms with Crippen LogP contribution in [0.25, 0.3) is 11.1 Å². The Kier molecular flexibility index (Phi) is 11.5. The molecule has 1 aromatic carbocycles. The molecule has 0 unspecified atom stereocenters. The van der Waals surface area contributed by atoms with E-state index in [0.717, 1.165) is 23.2 Å². The first-order valence-corrected chi connectivity index (χ1v) is 12.0. The number of nitrogens with one attached hydrogen (secondary N) is 2. The van der Waals surface area contributed by atoms with Gasteiger partial charge in [0, 0.05) is 48.4 Å². The zero-order valence-electron chi connectivity index (χ0n) is 21.7. The Bertz CT molecular complexity index is 1230. The SMILES string of the molecule is C=C/C(C=O)=C(\C=C)C(=O)N(C)CC(=O)Nc1cccc(-c2cncc(NCC(/C=C\C)=C/CC)c2)c1. The largest absolute Gasteiger partial charge is 0.380 e. The number of hydrogen-bond donors (Lipinski definition) is 2. The Hall–Kier alpha value is -4.52. The van der Waals surface area contributed by atoms with Crippen LogP contribution in [0, 0.1) is 0 Å². The third-order valence-corrected chi connectivity index (χ3v) is 5.38. The van der Waals surface area contributed by atoms with Gasteiger partial charge in [-0.25, -0.2) is 0 Å².